The molecule has 0 radical (unpaired) electrons. The monoisotopic (exact) mass is 299 g/mol. The van der Waals surface area contributed by atoms with Crippen molar-refractivity contribution in [2.75, 3.05) is 20.3 Å². The average Bonchev–Trinajstić information content (AvgIpc) is 2.39. The minimum atomic E-state index is -1.56. The molecule has 0 saturated heterocycles. The highest BCUT2D eigenvalue weighted by Crippen LogP contribution is 2.15. The van der Waals surface area contributed by atoms with E-state index < -0.39 is 23.5 Å². The Hall–Kier alpha value is -1.79. The summed E-state index contributed by atoms with van der Waals surface area (Å²) in [7, 11) is 1.30. The van der Waals surface area contributed by atoms with E-state index in [1.807, 2.05) is 0 Å². The number of methoxy groups -OCH3 is 1. The Labute approximate surface area is 121 Å². The van der Waals surface area contributed by atoms with Crippen LogP contribution in [-0.2, 0) is 19.1 Å². The third kappa shape index (κ3) is 4.11. The fraction of sp³-hybridized carbons (Fsp3) is 0.385. The summed E-state index contributed by atoms with van der Waals surface area (Å²) >= 11 is 5.73. The fourth-order valence-corrected chi connectivity index (χ4v) is 1.72. The molecule has 0 bridgehead atoms. The molecule has 1 atom stereocenters. The SMILES string of the molecule is CCOC(=O)C(C(=O)COC)C(=O)c1cncc(Cl)c1. The Morgan fingerprint density at radius 1 is 1.35 bits per heavy atom. The van der Waals surface area contributed by atoms with Gasteiger partial charge in [-0.15, -0.1) is 0 Å². The molecule has 0 saturated carbocycles. The molecule has 1 aromatic heterocycles. The summed E-state index contributed by atoms with van der Waals surface area (Å²) in [6.45, 7) is 1.29. The quantitative estimate of drug-likeness (QED) is 0.429. The number of aromatic nitrogens is 1. The molecule has 0 aliphatic rings. The number of nitrogens with zero attached hydrogens (tertiary/aromatic N) is 1. The largest absolute Gasteiger partial charge is 0.465 e. The summed E-state index contributed by atoms with van der Waals surface area (Å²) in [6, 6.07) is 1.34. The first-order chi connectivity index (χ1) is 9.51. The number of carbonyl (C=O) groups excluding carboxylic acids is 3. The Kier molecular flexibility index (Phi) is 6.27. The minimum Gasteiger partial charge on any atom is -0.465 e. The van der Waals surface area contributed by atoms with E-state index in [0.29, 0.717) is 0 Å². The first-order valence-electron chi connectivity index (χ1n) is 5.84. The van der Waals surface area contributed by atoms with Crippen molar-refractivity contribution in [2.24, 2.45) is 5.92 Å². The van der Waals surface area contributed by atoms with Crippen LogP contribution in [-0.4, -0.2) is 42.8 Å². The van der Waals surface area contributed by atoms with Crippen molar-refractivity contribution in [2.45, 2.75) is 6.92 Å². The van der Waals surface area contributed by atoms with Gasteiger partial charge in [-0.3, -0.25) is 19.4 Å². The number of rotatable bonds is 7. The highest BCUT2D eigenvalue weighted by molar-refractivity contribution is 6.31. The Bertz CT molecular complexity index is 499. The van der Waals surface area contributed by atoms with Crippen molar-refractivity contribution in [1.29, 1.82) is 0 Å². The molecule has 108 valence electrons. The minimum absolute atomic E-state index is 0.0661. The summed E-state index contributed by atoms with van der Waals surface area (Å²) in [5, 5.41) is 0.234. The highest BCUT2D eigenvalue weighted by atomic mass is 35.5. The van der Waals surface area contributed by atoms with Gasteiger partial charge in [0.15, 0.2) is 17.5 Å². The lowest BCUT2D eigenvalue weighted by molar-refractivity contribution is -0.150. The predicted molar refractivity (Wildman–Crippen MR) is 70.6 cm³/mol. The number of ether oxygens (including phenoxy) is 2. The molecule has 1 heterocycles. The second kappa shape index (κ2) is 7.72. The van der Waals surface area contributed by atoms with Crippen LogP contribution < -0.4 is 0 Å². The zero-order valence-electron chi connectivity index (χ0n) is 11.1. The number of carbonyl (C=O) groups is 3. The summed E-state index contributed by atoms with van der Waals surface area (Å²) < 4.78 is 9.43. The summed E-state index contributed by atoms with van der Waals surface area (Å²) in [6.07, 6.45) is 2.58. The van der Waals surface area contributed by atoms with Crippen LogP contribution in [0, 0.1) is 5.92 Å². The van der Waals surface area contributed by atoms with Gasteiger partial charge in [0.05, 0.1) is 11.6 Å². The topological polar surface area (TPSA) is 82.6 Å². The van der Waals surface area contributed by atoms with Crippen LogP contribution in [0.4, 0.5) is 0 Å². The van der Waals surface area contributed by atoms with E-state index in [2.05, 4.69) is 9.72 Å². The van der Waals surface area contributed by atoms with E-state index in [4.69, 9.17) is 16.3 Å². The highest BCUT2D eigenvalue weighted by Gasteiger charge is 2.35. The Morgan fingerprint density at radius 3 is 2.60 bits per heavy atom. The molecular formula is C13H14ClNO5. The van der Waals surface area contributed by atoms with Gasteiger partial charge in [0.1, 0.15) is 6.61 Å². The van der Waals surface area contributed by atoms with Gasteiger partial charge >= 0.3 is 5.97 Å². The molecule has 1 rings (SSSR count). The first kappa shape index (κ1) is 16.3. The molecule has 0 aliphatic heterocycles. The van der Waals surface area contributed by atoms with E-state index in [1.54, 1.807) is 6.92 Å². The van der Waals surface area contributed by atoms with Gasteiger partial charge in [-0.2, -0.15) is 0 Å². The maximum atomic E-state index is 12.3. The zero-order valence-corrected chi connectivity index (χ0v) is 11.8. The van der Waals surface area contributed by atoms with Gasteiger partial charge in [-0.25, -0.2) is 0 Å². The van der Waals surface area contributed by atoms with Gasteiger partial charge in [0.25, 0.3) is 0 Å². The standard InChI is InChI=1S/C13H14ClNO5/c1-3-20-13(18)11(10(16)7-19-2)12(17)8-4-9(14)6-15-5-8/h4-6,11H,3,7H2,1-2H3. The molecule has 0 N–H and O–H groups in total. The van der Waals surface area contributed by atoms with E-state index in [1.165, 1.54) is 25.6 Å². The summed E-state index contributed by atoms with van der Waals surface area (Å²) in [5.41, 5.74) is 0.0695. The van der Waals surface area contributed by atoms with Crippen LogP contribution in [0.2, 0.25) is 5.02 Å². The van der Waals surface area contributed by atoms with Gasteiger partial charge in [-0.1, -0.05) is 11.6 Å². The first-order valence-corrected chi connectivity index (χ1v) is 6.22. The molecule has 0 aliphatic carbocycles. The van der Waals surface area contributed by atoms with Gasteiger partial charge in [-0.05, 0) is 13.0 Å². The smallest absolute Gasteiger partial charge is 0.324 e. The van der Waals surface area contributed by atoms with E-state index in [-0.39, 0.29) is 23.8 Å². The van der Waals surface area contributed by atoms with Crippen LogP contribution in [0.1, 0.15) is 17.3 Å². The van der Waals surface area contributed by atoms with Crippen LogP contribution in [0.3, 0.4) is 0 Å². The molecule has 6 nitrogen and oxygen atoms in total. The lowest BCUT2D eigenvalue weighted by Gasteiger charge is -2.13. The lowest BCUT2D eigenvalue weighted by Crippen LogP contribution is -2.35. The fourth-order valence-electron chi connectivity index (χ4n) is 1.55. The van der Waals surface area contributed by atoms with Crippen molar-refractivity contribution in [3.63, 3.8) is 0 Å². The van der Waals surface area contributed by atoms with E-state index in [9.17, 15) is 14.4 Å². The van der Waals surface area contributed by atoms with Crippen LogP contribution in [0.15, 0.2) is 18.5 Å². The van der Waals surface area contributed by atoms with Crippen molar-refractivity contribution in [3.8, 4) is 0 Å². The number of hydrogen-bond donors (Lipinski definition) is 0. The molecule has 0 amide bonds. The molecule has 20 heavy (non-hydrogen) atoms. The molecular weight excluding hydrogens is 286 g/mol. The molecule has 0 fully saturated rings. The van der Waals surface area contributed by atoms with Gasteiger partial charge in [0.2, 0.25) is 0 Å². The average molecular weight is 300 g/mol. The lowest BCUT2D eigenvalue weighted by atomic mass is 9.95. The third-order valence-corrected chi connectivity index (χ3v) is 2.59. The van der Waals surface area contributed by atoms with E-state index >= 15 is 0 Å². The second-order valence-corrected chi connectivity index (χ2v) is 4.28. The number of ketones is 2. The number of hydrogen-bond acceptors (Lipinski definition) is 6. The maximum absolute atomic E-state index is 12.3. The van der Waals surface area contributed by atoms with Crippen LogP contribution in [0.25, 0.3) is 0 Å². The molecule has 0 aromatic carbocycles. The van der Waals surface area contributed by atoms with Gasteiger partial charge < -0.3 is 9.47 Å². The predicted octanol–water partition coefficient (Wildman–Crippen LogP) is 1.31. The number of esters is 1. The third-order valence-electron chi connectivity index (χ3n) is 2.38. The molecule has 0 spiro atoms. The van der Waals surface area contributed by atoms with Crippen LogP contribution in [0.5, 0.6) is 0 Å². The number of pyridine rings is 1. The van der Waals surface area contributed by atoms with Crippen LogP contribution >= 0.6 is 11.6 Å². The van der Waals surface area contributed by atoms with Crippen molar-refractivity contribution in [1.82, 2.24) is 4.98 Å². The van der Waals surface area contributed by atoms with Crippen molar-refractivity contribution in [3.05, 3.63) is 29.0 Å². The zero-order chi connectivity index (χ0) is 15.1. The summed E-state index contributed by atoms with van der Waals surface area (Å²) in [5.74, 6) is -3.84. The normalized spacial score (nSPS) is 11.8. The molecule has 1 aromatic rings. The Balaban J connectivity index is 3.06. The molecule has 1 unspecified atom stereocenters. The van der Waals surface area contributed by atoms with Crippen molar-refractivity contribution < 1.29 is 23.9 Å². The number of Topliss-reactive ketones (excluding diaryl/α,β-unsaturated/α-hetero) is 2. The summed E-state index contributed by atoms with van der Waals surface area (Å²) in [4.78, 5) is 39.7. The number of halogens is 1. The van der Waals surface area contributed by atoms with Gasteiger partial charge in [0, 0.05) is 25.1 Å². The van der Waals surface area contributed by atoms with E-state index in [0.717, 1.165) is 0 Å². The maximum Gasteiger partial charge on any atom is 0.324 e. The Morgan fingerprint density at radius 2 is 2.05 bits per heavy atom. The molecule has 7 heteroatoms. The van der Waals surface area contributed by atoms with Crippen molar-refractivity contribution >= 4 is 29.1 Å². The second-order valence-electron chi connectivity index (χ2n) is 3.84.